The van der Waals surface area contributed by atoms with E-state index in [4.69, 9.17) is 4.74 Å². The Balaban J connectivity index is 2.25. The molecule has 0 amide bonds. The molecule has 0 aliphatic carbocycles. The van der Waals surface area contributed by atoms with Gasteiger partial charge in [-0.1, -0.05) is 30.3 Å². The number of benzene rings is 1. The normalized spacial score (nSPS) is 12.7. The minimum Gasteiger partial charge on any atom is -0.380 e. The van der Waals surface area contributed by atoms with E-state index in [2.05, 4.69) is 5.32 Å². The van der Waals surface area contributed by atoms with E-state index in [0.29, 0.717) is 19.8 Å². The molecule has 0 radical (unpaired) electrons. The predicted molar refractivity (Wildman–Crippen MR) is 55.9 cm³/mol. The molecule has 0 fully saturated rings. The fourth-order valence-corrected chi connectivity index (χ4v) is 1.17. The summed E-state index contributed by atoms with van der Waals surface area (Å²) in [6, 6.07) is 9.51. The van der Waals surface area contributed by atoms with Gasteiger partial charge in [0.15, 0.2) is 0 Å². The van der Waals surface area contributed by atoms with Crippen molar-refractivity contribution in [3.8, 4) is 0 Å². The van der Waals surface area contributed by atoms with Crippen LogP contribution in [0.15, 0.2) is 30.3 Å². The first-order valence-electron chi connectivity index (χ1n) is 4.88. The van der Waals surface area contributed by atoms with Gasteiger partial charge >= 0.3 is 0 Å². The summed E-state index contributed by atoms with van der Waals surface area (Å²) in [6.07, 6.45) is -0.600. The molecule has 1 rings (SSSR count). The predicted octanol–water partition coefficient (Wildman–Crippen LogP) is 1.30. The quantitative estimate of drug-likeness (QED) is 0.531. The third-order valence-electron chi connectivity index (χ3n) is 1.90. The first-order chi connectivity index (χ1) is 6.84. The van der Waals surface area contributed by atoms with E-state index >= 15 is 0 Å². The highest BCUT2D eigenvalue weighted by atomic mass is 16.5. The van der Waals surface area contributed by atoms with Crippen LogP contribution in [-0.4, -0.2) is 24.9 Å². The highest BCUT2D eigenvalue weighted by Crippen LogP contribution is 2.07. The molecular formula is C11H17NO2. The molecule has 0 heterocycles. The highest BCUT2D eigenvalue weighted by molar-refractivity contribution is 5.16. The van der Waals surface area contributed by atoms with Crippen LogP contribution in [-0.2, 0) is 4.74 Å². The van der Waals surface area contributed by atoms with Crippen molar-refractivity contribution in [1.29, 1.82) is 0 Å². The summed E-state index contributed by atoms with van der Waals surface area (Å²) in [5.74, 6) is 0. The zero-order valence-corrected chi connectivity index (χ0v) is 8.44. The van der Waals surface area contributed by atoms with Gasteiger partial charge in [-0.3, -0.25) is 5.32 Å². The third-order valence-corrected chi connectivity index (χ3v) is 1.90. The molecule has 2 N–H and O–H groups in total. The third kappa shape index (κ3) is 3.87. The van der Waals surface area contributed by atoms with Crippen molar-refractivity contribution in [3.63, 3.8) is 0 Å². The van der Waals surface area contributed by atoms with E-state index < -0.39 is 6.23 Å². The molecule has 3 nitrogen and oxygen atoms in total. The molecule has 1 aromatic carbocycles. The second-order valence-electron chi connectivity index (χ2n) is 2.96. The second kappa shape index (κ2) is 6.54. The number of hydrogen-bond acceptors (Lipinski definition) is 3. The maximum atomic E-state index is 9.65. The van der Waals surface area contributed by atoms with Crippen molar-refractivity contribution in [2.75, 3.05) is 19.8 Å². The molecule has 14 heavy (non-hydrogen) atoms. The smallest absolute Gasteiger partial charge is 0.131 e. The first kappa shape index (κ1) is 11.2. The van der Waals surface area contributed by atoms with Crippen LogP contribution in [0.1, 0.15) is 18.7 Å². The number of nitrogens with one attached hydrogen (secondary N) is 1. The van der Waals surface area contributed by atoms with Gasteiger partial charge < -0.3 is 9.84 Å². The Labute approximate surface area is 84.7 Å². The lowest BCUT2D eigenvalue weighted by Gasteiger charge is -2.12. The molecule has 1 aromatic rings. The van der Waals surface area contributed by atoms with Crippen molar-refractivity contribution in [2.45, 2.75) is 13.2 Å². The Morgan fingerprint density at radius 3 is 2.71 bits per heavy atom. The summed E-state index contributed by atoms with van der Waals surface area (Å²) in [5.41, 5.74) is 0.879. The van der Waals surface area contributed by atoms with Crippen LogP contribution in [0.2, 0.25) is 0 Å². The number of ether oxygens (including phenoxy) is 1. The second-order valence-corrected chi connectivity index (χ2v) is 2.96. The van der Waals surface area contributed by atoms with Gasteiger partial charge in [0, 0.05) is 13.2 Å². The molecule has 3 heteroatoms. The average Bonchev–Trinajstić information content (AvgIpc) is 2.25. The lowest BCUT2D eigenvalue weighted by atomic mass is 10.2. The molecule has 1 atom stereocenters. The van der Waals surface area contributed by atoms with E-state index in [1.54, 1.807) is 0 Å². The van der Waals surface area contributed by atoms with Crippen molar-refractivity contribution >= 4 is 0 Å². The van der Waals surface area contributed by atoms with Gasteiger partial charge in [-0.15, -0.1) is 0 Å². The summed E-state index contributed by atoms with van der Waals surface area (Å²) < 4.78 is 5.15. The summed E-state index contributed by atoms with van der Waals surface area (Å²) in [6.45, 7) is 3.95. The van der Waals surface area contributed by atoms with Gasteiger partial charge in [0.1, 0.15) is 6.23 Å². The molecule has 0 aromatic heterocycles. The molecule has 0 saturated heterocycles. The van der Waals surface area contributed by atoms with Crippen molar-refractivity contribution in [1.82, 2.24) is 5.32 Å². The van der Waals surface area contributed by atoms with E-state index in [-0.39, 0.29) is 0 Å². The Kier molecular flexibility index (Phi) is 5.22. The number of hydrogen-bond donors (Lipinski definition) is 2. The van der Waals surface area contributed by atoms with Crippen molar-refractivity contribution in [2.24, 2.45) is 0 Å². The van der Waals surface area contributed by atoms with Crippen LogP contribution in [0.3, 0.4) is 0 Å². The molecule has 0 aliphatic heterocycles. The zero-order chi connectivity index (χ0) is 10.2. The maximum Gasteiger partial charge on any atom is 0.131 e. The summed E-state index contributed by atoms with van der Waals surface area (Å²) in [4.78, 5) is 0. The van der Waals surface area contributed by atoms with Gasteiger partial charge in [0.25, 0.3) is 0 Å². The molecular weight excluding hydrogens is 178 g/mol. The summed E-state index contributed by atoms with van der Waals surface area (Å²) >= 11 is 0. The molecule has 1 unspecified atom stereocenters. The Morgan fingerprint density at radius 2 is 2.07 bits per heavy atom. The monoisotopic (exact) mass is 195 g/mol. The van der Waals surface area contributed by atoms with E-state index in [1.807, 2.05) is 37.3 Å². The van der Waals surface area contributed by atoms with Crippen molar-refractivity contribution in [3.05, 3.63) is 35.9 Å². The van der Waals surface area contributed by atoms with Crippen LogP contribution < -0.4 is 5.32 Å². The minimum atomic E-state index is -0.600. The number of aliphatic hydroxyl groups excluding tert-OH is 1. The van der Waals surface area contributed by atoms with Crippen LogP contribution >= 0.6 is 0 Å². The van der Waals surface area contributed by atoms with Crippen LogP contribution in [0.25, 0.3) is 0 Å². The lowest BCUT2D eigenvalue weighted by Crippen LogP contribution is -2.24. The topological polar surface area (TPSA) is 41.5 Å². The van der Waals surface area contributed by atoms with E-state index in [1.165, 1.54) is 0 Å². The molecule has 0 saturated carbocycles. The first-order valence-corrected chi connectivity index (χ1v) is 4.88. The molecule has 0 aliphatic rings. The Bertz CT molecular complexity index is 238. The van der Waals surface area contributed by atoms with Crippen LogP contribution in [0.4, 0.5) is 0 Å². The van der Waals surface area contributed by atoms with E-state index in [9.17, 15) is 5.11 Å². The van der Waals surface area contributed by atoms with Gasteiger partial charge in [0.2, 0.25) is 0 Å². The van der Waals surface area contributed by atoms with Gasteiger partial charge in [-0.25, -0.2) is 0 Å². The average molecular weight is 195 g/mol. The van der Waals surface area contributed by atoms with E-state index in [0.717, 1.165) is 5.56 Å². The largest absolute Gasteiger partial charge is 0.380 e. The van der Waals surface area contributed by atoms with Gasteiger partial charge in [-0.2, -0.15) is 0 Å². The van der Waals surface area contributed by atoms with Crippen molar-refractivity contribution < 1.29 is 9.84 Å². The van der Waals surface area contributed by atoms with Crippen LogP contribution in [0, 0.1) is 0 Å². The lowest BCUT2D eigenvalue weighted by molar-refractivity contribution is 0.105. The zero-order valence-electron chi connectivity index (χ0n) is 8.44. The fraction of sp³-hybridized carbons (Fsp3) is 0.455. The van der Waals surface area contributed by atoms with Gasteiger partial charge in [-0.05, 0) is 12.5 Å². The highest BCUT2D eigenvalue weighted by Gasteiger charge is 2.03. The summed E-state index contributed by atoms with van der Waals surface area (Å²) in [7, 11) is 0. The Morgan fingerprint density at radius 1 is 1.36 bits per heavy atom. The number of rotatable bonds is 6. The Hall–Kier alpha value is -0.900. The minimum absolute atomic E-state index is 0.600. The van der Waals surface area contributed by atoms with Gasteiger partial charge in [0.05, 0.1) is 6.61 Å². The maximum absolute atomic E-state index is 9.65. The fourth-order valence-electron chi connectivity index (χ4n) is 1.17. The molecule has 0 bridgehead atoms. The molecule has 0 spiro atoms. The van der Waals surface area contributed by atoms with Crippen LogP contribution in [0.5, 0.6) is 0 Å². The summed E-state index contributed by atoms with van der Waals surface area (Å²) in [5, 5.41) is 12.6. The molecule has 78 valence electrons. The standard InChI is InChI=1S/C11H17NO2/c1-2-14-9-8-12-11(13)10-6-4-3-5-7-10/h3-7,11-13H,2,8-9H2,1H3. The SMILES string of the molecule is CCOCCNC(O)c1ccccc1. The number of aliphatic hydroxyl groups is 1.